The Morgan fingerprint density at radius 1 is 0.821 bits per heavy atom. The molecule has 4 N–H and O–H groups in total. The molecule has 0 saturated heterocycles. The first-order valence-electron chi connectivity index (χ1n) is 12.3. The Labute approximate surface area is 224 Å². The van der Waals surface area contributed by atoms with E-state index < -0.39 is 49.1 Å². The predicted octanol–water partition coefficient (Wildman–Crippen LogP) is 2.59. The highest BCUT2D eigenvalue weighted by Gasteiger charge is 2.31. The fourth-order valence-electron chi connectivity index (χ4n) is 4.36. The number of carbonyl (C=O) groups excluding carboxylic acids is 3. The number of hydrogen-bond acceptors (Lipinski definition) is 7. The monoisotopic (exact) mass is 532 g/mol. The van der Waals surface area contributed by atoms with Crippen molar-refractivity contribution in [3.05, 3.63) is 95.6 Å². The summed E-state index contributed by atoms with van der Waals surface area (Å²) in [5, 5.41) is 22.9. The van der Waals surface area contributed by atoms with Crippen molar-refractivity contribution in [3.63, 3.8) is 0 Å². The molecule has 0 bridgehead atoms. The Kier molecular flexibility index (Phi) is 8.90. The minimum atomic E-state index is -1.85. The lowest BCUT2D eigenvalue weighted by atomic mass is 9.98. The topological polar surface area (TPSA) is 151 Å². The molecule has 0 aromatic heterocycles. The summed E-state index contributed by atoms with van der Waals surface area (Å²) < 4.78 is 10.7. The second-order valence-corrected chi connectivity index (χ2v) is 8.97. The van der Waals surface area contributed by atoms with Crippen molar-refractivity contribution in [1.82, 2.24) is 10.6 Å². The smallest absolute Gasteiger partial charge is 0.407 e. The summed E-state index contributed by atoms with van der Waals surface area (Å²) in [5.74, 6) is -3.38. The van der Waals surface area contributed by atoms with Gasteiger partial charge in [-0.05, 0) is 27.8 Å². The number of benzene rings is 3. The molecule has 1 unspecified atom stereocenters. The molecule has 4 rings (SSSR count). The second-order valence-electron chi connectivity index (χ2n) is 8.97. The van der Waals surface area contributed by atoms with Crippen LogP contribution >= 0.6 is 0 Å². The van der Waals surface area contributed by atoms with Gasteiger partial charge in [-0.1, -0.05) is 78.9 Å². The Balaban J connectivity index is 1.39. The number of rotatable bonds is 11. The van der Waals surface area contributed by atoms with Crippen molar-refractivity contribution in [2.24, 2.45) is 0 Å². The lowest BCUT2D eigenvalue weighted by Gasteiger charge is -2.20. The van der Waals surface area contributed by atoms with E-state index in [1.54, 1.807) is 24.3 Å². The van der Waals surface area contributed by atoms with E-state index in [2.05, 4.69) is 10.6 Å². The number of aliphatic carboxylic acids is 1. The van der Waals surface area contributed by atoms with Gasteiger partial charge in [0.25, 0.3) is 0 Å². The van der Waals surface area contributed by atoms with Crippen LogP contribution in [-0.2, 0) is 30.5 Å². The zero-order chi connectivity index (χ0) is 27.8. The molecule has 10 nitrogen and oxygen atoms in total. The van der Waals surface area contributed by atoms with Crippen molar-refractivity contribution in [3.8, 4) is 11.1 Å². The average Bonchev–Trinajstić information content (AvgIpc) is 3.27. The molecule has 0 heterocycles. The van der Waals surface area contributed by atoms with Crippen molar-refractivity contribution in [2.45, 2.75) is 31.1 Å². The van der Waals surface area contributed by atoms with Crippen LogP contribution in [0.2, 0.25) is 0 Å². The molecule has 1 aliphatic rings. The Morgan fingerprint density at radius 3 is 2.03 bits per heavy atom. The van der Waals surface area contributed by atoms with Crippen LogP contribution in [-0.4, -0.2) is 59.4 Å². The number of alkyl carbamates (subject to hydrolysis) is 1. The average molecular weight is 533 g/mol. The third kappa shape index (κ3) is 6.99. The first-order valence-corrected chi connectivity index (χ1v) is 12.3. The number of fused-ring (bicyclic) bond motifs is 3. The van der Waals surface area contributed by atoms with Gasteiger partial charge in [-0.2, -0.15) is 0 Å². The van der Waals surface area contributed by atoms with Crippen molar-refractivity contribution in [2.75, 3.05) is 13.2 Å². The molecule has 3 aromatic carbocycles. The van der Waals surface area contributed by atoms with E-state index in [1.165, 1.54) is 0 Å². The number of carboxylic acids is 1. The third-order valence-corrected chi connectivity index (χ3v) is 6.32. The summed E-state index contributed by atoms with van der Waals surface area (Å²) >= 11 is 0. The number of aliphatic hydroxyl groups excluding tert-OH is 1. The van der Waals surface area contributed by atoms with Crippen LogP contribution in [0.5, 0.6) is 0 Å². The largest absolute Gasteiger partial charge is 0.479 e. The molecule has 39 heavy (non-hydrogen) atoms. The number of aliphatic hydroxyl groups is 1. The van der Waals surface area contributed by atoms with Crippen LogP contribution in [0.15, 0.2) is 78.9 Å². The van der Waals surface area contributed by atoms with Crippen LogP contribution in [0, 0.1) is 0 Å². The van der Waals surface area contributed by atoms with E-state index in [0.717, 1.165) is 27.8 Å². The van der Waals surface area contributed by atoms with Crippen LogP contribution in [0.25, 0.3) is 11.1 Å². The van der Waals surface area contributed by atoms with Crippen LogP contribution < -0.4 is 10.6 Å². The highest BCUT2D eigenvalue weighted by atomic mass is 16.5. The molecule has 0 spiro atoms. The number of nitrogens with one attached hydrogen (secondary N) is 2. The molecule has 1 aliphatic carbocycles. The normalized spacial score (nSPS) is 13.4. The summed E-state index contributed by atoms with van der Waals surface area (Å²) in [6.45, 7) is -0.656. The molecule has 2 amide bonds. The molecule has 0 saturated carbocycles. The number of carbonyl (C=O) groups is 4. The Morgan fingerprint density at radius 2 is 1.41 bits per heavy atom. The number of amides is 2. The Hall–Kier alpha value is -4.70. The van der Waals surface area contributed by atoms with Gasteiger partial charge >= 0.3 is 18.0 Å². The highest BCUT2D eigenvalue weighted by molar-refractivity contribution is 5.90. The zero-order valence-corrected chi connectivity index (χ0v) is 20.9. The summed E-state index contributed by atoms with van der Waals surface area (Å²) in [4.78, 5) is 48.8. The van der Waals surface area contributed by atoms with E-state index in [9.17, 15) is 24.3 Å². The van der Waals surface area contributed by atoms with Gasteiger partial charge in [0.2, 0.25) is 5.91 Å². The quantitative estimate of drug-likeness (QED) is 0.275. The summed E-state index contributed by atoms with van der Waals surface area (Å²) in [7, 11) is 0. The maximum atomic E-state index is 12.7. The molecule has 0 radical (unpaired) electrons. The molecule has 0 fully saturated rings. The van der Waals surface area contributed by atoms with Crippen molar-refractivity contribution in [1.29, 1.82) is 0 Å². The van der Waals surface area contributed by atoms with Crippen LogP contribution in [0.4, 0.5) is 4.79 Å². The Bertz CT molecular complexity index is 1300. The van der Waals surface area contributed by atoms with Crippen LogP contribution in [0.1, 0.15) is 29.0 Å². The van der Waals surface area contributed by atoms with Crippen molar-refractivity contribution < 1.29 is 38.9 Å². The number of esters is 1. The summed E-state index contributed by atoms with van der Waals surface area (Å²) in [5.41, 5.74) is 4.86. The second kappa shape index (κ2) is 12.7. The minimum absolute atomic E-state index is 0.00954. The number of ether oxygens (including phenoxy) is 2. The standard InChI is InChI=1S/C29H28N2O8/c32-25(28(35)36)15-30-27(34)24(14-26(33)38-16-18-8-2-1-3-9-18)31-29(37)39-17-23-21-12-6-4-10-19(21)20-11-5-7-13-22(20)23/h1-13,23-25,32H,14-17H2,(H,30,34)(H,31,37)(H,35,36)/t24-,25?/m0/s1. The molecule has 0 aliphatic heterocycles. The molecule has 3 aromatic rings. The fourth-order valence-corrected chi connectivity index (χ4v) is 4.36. The fraction of sp³-hybridized carbons (Fsp3) is 0.241. The van der Waals surface area contributed by atoms with Gasteiger partial charge in [0, 0.05) is 5.92 Å². The van der Waals surface area contributed by atoms with Crippen LogP contribution in [0.3, 0.4) is 0 Å². The van der Waals surface area contributed by atoms with E-state index in [1.807, 2.05) is 54.6 Å². The number of carboxylic acid groups (broad SMARTS) is 1. The van der Waals surface area contributed by atoms with Gasteiger partial charge in [-0.15, -0.1) is 0 Å². The maximum absolute atomic E-state index is 12.7. The minimum Gasteiger partial charge on any atom is -0.479 e. The van der Waals surface area contributed by atoms with E-state index >= 15 is 0 Å². The first-order chi connectivity index (χ1) is 18.8. The van der Waals surface area contributed by atoms with E-state index in [0.29, 0.717) is 0 Å². The lowest BCUT2D eigenvalue weighted by Crippen LogP contribution is -2.50. The molecule has 2 atom stereocenters. The molecular formula is C29H28N2O8. The highest BCUT2D eigenvalue weighted by Crippen LogP contribution is 2.44. The van der Waals surface area contributed by atoms with E-state index in [-0.39, 0.29) is 19.1 Å². The van der Waals surface area contributed by atoms with Gasteiger partial charge in [-0.3, -0.25) is 9.59 Å². The molecular weight excluding hydrogens is 504 g/mol. The van der Waals surface area contributed by atoms with Gasteiger partial charge in [0.15, 0.2) is 6.10 Å². The third-order valence-electron chi connectivity index (χ3n) is 6.32. The SMILES string of the molecule is O=C(C[C@H](NC(=O)OCC1c2ccccc2-c2ccccc21)C(=O)NCC(O)C(=O)O)OCc1ccccc1. The first kappa shape index (κ1) is 27.3. The summed E-state index contributed by atoms with van der Waals surface area (Å²) in [6, 6.07) is 23.1. The predicted molar refractivity (Wildman–Crippen MR) is 139 cm³/mol. The van der Waals surface area contributed by atoms with Gasteiger partial charge in [-0.25, -0.2) is 9.59 Å². The van der Waals surface area contributed by atoms with Gasteiger partial charge in [0.1, 0.15) is 19.3 Å². The molecule has 10 heteroatoms. The van der Waals surface area contributed by atoms with E-state index in [4.69, 9.17) is 14.6 Å². The van der Waals surface area contributed by atoms with Gasteiger partial charge < -0.3 is 30.3 Å². The summed E-state index contributed by atoms with van der Waals surface area (Å²) in [6.07, 6.45) is -3.33. The maximum Gasteiger partial charge on any atom is 0.407 e. The number of hydrogen-bond donors (Lipinski definition) is 4. The lowest BCUT2D eigenvalue weighted by molar-refractivity contribution is -0.148. The zero-order valence-electron chi connectivity index (χ0n) is 20.9. The van der Waals surface area contributed by atoms with Crippen molar-refractivity contribution >= 4 is 23.9 Å². The molecule has 202 valence electrons. The van der Waals surface area contributed by atoms with Gasteiger partial charge in [0.05, 0.1) is 13.0 Å².